The Bertz CT molecular complexity index is 1190. The van der Waals surface area contributed by atoms with E-state index in [1.165, 1.54) is 334 Å². The fourth-order valence-corrected chi connectivity index (χ4v) is 11.6. The number of unbranched alkanes of at least 4 members (excludes halogenated alkanes) is 58. The van der Waals surface area contributed by atoms with Gasteiger partial charge < -0.3 is 14.2 Å². The van der Waals surface area contributed by atoms with Gasteiger partial charge in [-0.2, -0.15) is 0 Å². The van der Waals surface area contributed by atoms with Gasteiger partial charge in [0.15, 0.2) is 6.10 Å². The third kappa shape index (κ3) is 67.1. The van der Waals surface area contributed by atoms with Gasteiger partial charge in [0.1, 0.15) is 13.2 Å². The fraction of sp³-hybridized carbons (Fsp3) is 0.959. The maximum atomic E-state index is 12.9. The lowest BCUT2D eigenvalue weighted by Gasteiger charge is -2.18. The standard InChI is InChI=1S/C73H142O6/c1-4-7-10-13-16-19-22-25-27-29-31-33-34-35-36-37-38-39-41-42-44-46-48-51-54-57-60-63-66-72(75)78-69-70(68-77-71(74)65-62-59-56-53-50-24-21-18-15-12-9-6-3)79-73(76)67-64-61-58-55-52-49-47-45-43-40-32-30-28-26-23-20-17-14-11-8-5-2/h70H,4-69H2,1-3H3. The van der Waals surface area contributed by atoms with Crippen molar-refractivity contribution in [1.82, 2.24) is 0 Å². The lowest BCUT2D eigenvalue weighted by Crippen LogP contribution is -2.30. The van der Waals surface area contributed by atoms with Gasteiger partial charge >= 0.3 is 17.9 Å². The minimum absolute atomic E-state index is 0.0602. The van der Waals surface area contributed by atoms with Gasteiger partial charge in [0, 0.05) is 19.3 Å². The van der Waals surface area contributed by atoms with Gasteiger partial charge in [-0.25, -0.2) is 0 Å². The smallest absolute Gasteiger partial charge is 0.306 e. The Hall–Kier alpha value is -1.59. The number of hydrogen-bond acceptors (Lipinski definition) is 6. The molecule has 0 aliphatic rings. The third-order valence-corrected chi connectivity index (χ3v) is 17.1. The zero-order chi connectivity index (χ0) is 57.1. The summed E-state index contributed by atoms with van der Waals surface area (Å²) < 4.78 is 17.0. The second-order valence-corrected chi connectivity index (χ2v) is 25.2. The molecule has 0 heterocycles. The molecule has 1 unspecified atom stereocenters. The molecule has 470 valence electrons. The summed E-state index contributed by atoms with van der Waals surface area (Å²) in [7, 11) is 0. The summed E-state index contributed by atoms with van der Waals surface area (Å²) in [5.74, 6) is -0.820. The summed E-state index contributed by atoms with van der Waals surface area (Å²) >= 11 is 0. The van der Waals surface area contributed by atoms with Gasteiger partial charge in [0.05, 0.1) is 0 Å². The summed E-state index contributed by atoms with van der Waals surface area (Å²) in [6.45, 7) is 6.74. The van der Waals surface area contributed by atoms with Crippen LogP contribution in [0.4, 0.5) is 0 Å². The molecule has 0 aromatic rings. The first-order valence-corrected chi connectivity index (χ1v) is 36.5. The van der Waals surface area contributed by atoms with E-state index in [9.17, 15) is 14.4 Å². The molecule has 0 radical (unpaired) electrons. The lowest BCUT2D eigenvalue weighted by atomic mass is 10.0. The first-order valence-electron chi connectivity index (χ1n) is 36.5. The highest BCUT2D eigenvalue weighted by molar-refractivity contribution is 5.71. The van der Waals surface area contributed by atoms with Crippen LogP contribution in [0.5, 0.6) is 0 Å². The Balaban J connectivity index is 4.13. The molecule has 1 atom stereocenters. The van der Waals surface area contributed by atoms with Crippen molar-refractivity contribution in [3.63, 3.8) is 0 Å². The third-order valence-electron chi connectivity index (χ3n) is 17.1. The average Bonchev–Trinajstić information content (AvgIpc) is 3.45. The predicted octanol–water partition coefficient (Wildman–Crippen LogP) is 25.0. The summed E-state index contributed by atoms with van der Waals surface area (Å²) in [6.07, 6.45) is 81.5. The van der Waals surface area contributed by atoms with Crippen molar-refractivity contribution >= 4 is 17.9 Å². The van der Waals surface area contributed by atoms with E-state index in [4.69, 9.17) is 14.2 Å². The van der Waals surface area contributed by atoms with Crippen LogP contribution < -0.4 is 0 Å². The van der Waals surface area contributed by atoms with Crippen LogP contribution in [-0.4, -0.2) is 37.2 Å². The van der Waals surface area contributed by atoms with Crippen molar-refractivity contribution in [2.24, 2.45) is 0 Å². The fourth-order valence-electron chi connectivity index (χ4n) is 11.6. The van der Waals surface area contributed by atoms with Gasteiger partial charge in [0.25, 0.3) is 0 Å². The van der Waals surface area contributed by atoms with E-state index >= 15 is 0 Å². The van der Waals surface area contributed by atoms with Crippen molar-refractivity contribution in [3.8, 4) is 0 Å². The predicted molar refractivity (Wildman–Crippen MR) is 344 cm³/mol. The SMILES string of the molecule is CCCCCCCCCCCCCCCCCCCCCCCCCCCCCCC(=O)OCC(COC(=O)CCCCCCCCCCCCCC)OC(=O)CCCCCCCCCCCCCCCCCCCCCCC. The molecule has 6 nitrogen and oxygen atoms in total. The molecule has 0 fully saturated rings. The van der Waals surface area contributed by atoms with Gasteiger partial charge in [-0.1, -0.05) is 393 Å². The highest BCUT2D eigenvalue weighted by Gasteiger charge is 2.20. The molecule has 0 amide bonds. The quantitative estimate of drug-likeness (QED) is 0.0343. The number of esters is 3. The lowest BCUT2D eigenvalue weighted by molar-refractivity contribution is -0.167. The molecule has 0 aromatic heterocycles. The summed E-state index contributed by atoms with van der Waals surface area (Å²) in [5, 5.41) is 0. The summed E-state index contributed by atoms with van der Waals surface area (Å²) in [4.78, 5) is 38.4. The largest absolute Gasteiger partial charge is 0.462 e. The van der Waals surface area contributed by atoms with E-state index in [0.717, 1.165) is 57.8 Å². The maximum absolute atomic E-state index is 12.9. The molecule has 0 aliphatic carbocycles. The van der Waals surface area contributed by atoms with Crippen LogP contribution >= 0.6 is 0 Å². The van der Waals surface area contributed by atoms with Crippen molar-refractivity contribution < 1.29 is 28.6 Å². The van der Waals surface area contributed by atoms with Crippen molar-refractivity contribution in [2.75, 3.05) is 13.2 Å². The highest BCUT2D eigenvalue weighted by atomic mass is 16.6. The molecule has 0 aromatic carbocycles. The molecule has 0 bridgehead atoms. The number of hydrogen-bond donors (Lipinski definition) is 0. The van der Waals surface area contributed by atoms with Crippen molar-refractivity contribution in [1.29, 1.82) is 0 Å². The van der Waals surface area contributed by atoms with Gasteiger partial charge in [0.2, 0.25) is 0 Å². The van der Waals surface area contributed by atoms with E-state index in [-0.39, 0.29) is 31.1 Å². The average molecular weight is 1120 g/mol. The van der Waals surface area contributed by atoms with E-state index in [1.54, 1.807) is 0 Å². The van der Waals surface area contributed by atoms with Crippen LogP contribution in [0.15, 0.2) is 0 Å². The Morgan fingerprint density at radius 3 is 0.506 bits per heavy atom. The molecule has 6 heteroatoms. The van der Waals surface area contributed by atoms with Crippen LogP contribution in [0, 0.1) is 0 Å². The number of rotatable bonds is 69. The number of carbonyl (C=O) groups is 3. The molecule has 0 spiro atoms. The monoisotopic (exact) mass is 1120 g/mol. The van der Waals surface area contributed by atoms with Crippen LogP contribution in [0.1, 0.15) is 432 Å². The Labute approximate surface area is 495 Å². The van der Waals surface area contributed by atoms with E-state index in [0.29, 0.717) is 19.3 Å². The molecule has 0 saturated carbocycles. The normalized spacial score (nSPS) is 11.9. The van der Waals surface area contributed by atoms with E-state index < -0.39 is 6.10 Å². The minimum atomic E-state index is -0.763. The first kappa shape index (κ1) is 77.4. The zero-order valence-corrected chi connectivity index (χ0v) is 54.2. The first-order chi connectivity index (χ1) is 39.0. The van der Waals surface area contributed by atoms with Crippen LogP contribution in [0.2, 0.25) is 0 Å². The summed E-state index contributed by atoms with van der Waals surface area (Å²) in [5.41, 5.74) is 0. The summed E-state index contributed by atoms with van der Waals surface area (Å²) in [6, 6.07) is 0. The van der Waals surface area contributed by atoms with Gasteiger partial charge in [-0.15, -0.1) is 0 Å². The topological polar surface area (TPSA) is 78.9 Å². The Morgan fingerprint density at radius 1 is 0.203 bits per heavy atom. The molecule has 79 heavy (non-hydrogen) atoms. The Kier molecular flexibility index (Phi) is 67.5. The van der Waals surface area contributed by atoms with Gasteiger partial charge in [-0.05, 0) is 19.3 Å². The molecule has 0 N–H and O–H groups in total. The van der Waals surface area contributed by atoms with Crippen LogP contribution in [0.25, 0.3) is 0 Å². The Morgan fingerprint density at radius 2 is 0.342 bits per heavy atom. The van der Waals surface area contributed by atoms with Crippen LogP contribution in [-0.2, 0) is 28.6 Å². The van der Waals surface area contributed by atoms with Crippen molar-refractivity contribution in [2.45, 2.75) is 438 Å². The minimum Gasteiger partial charge on any atom is -0.462 e. The van der Waals surface area contributed by atoms with Crippen LogP contribution in [0.3, 0.4) is 0 Å². The van der Waals surface area contributed by atoms with E-state index in [2.05, 4.69) is 20.8 Å². The number of carbonyl (C=O) groups excluding carboxylic acids is 3. The second-order valence-electron chi connectivity index (χ2n) is 25.2. The highest BCUT2D eigenvalue weighted by Crippen LogP contribution is 2.20. The molecular weight excluding hydrogens is 973 g/mol. The molecule has 0 rings (SSSR count). The molecular formula is C73H142O6. The van der Waals surface area contributed by atoms with Crippen molar-refractivity contribution in [3.05, 3.63) is 0 Å². The molecule has 0 saturated heterocycles. The molecule has 0 aliphatic heterocycles. The number of ether oxygens (including phenoxy) is 3. The van der Waals surface area contributed by atoms with E-state index in [1.807, 2.05) is 0 Å². The second kappa shape index (κ2) is 68.9. The van der Waals surface area contributed by atoms with Gasteiger partial charge in [-0.3, -0.25) is 14.4 Å². The zero-order valence-electron chi connectivity index (χ0n) is 54.2. The maximum Gasteiger partial charge on any atom is 0.306 e.